The van der Waals surface area contributed by atoms with Crippen molar-refractivity contribution in [2.45, 2.75) is 33.4 Å². The highest BCUT2D eigenvalue weighted by molar-refractivity contribution is 6.00. The molecular weight excluding hydrogens is 356 g/mol. The van der Waals surface area contributed by atoms with Crippen LogP contribution >= 0.6 is 0 Å². The zero-order valence-corrected chi connectivity index (χ0v) is 16.4. The maximum atomic E-state index is 13.0. The molecule has 0 fully saturated rings. The van der Waals surface area contributed by atoms with E-state index in [4.69, 9.17) is 19.2 Å². The first-order chi connectivity index (χ1) is 13.4. The lowest BCUT2D eigenvalue weighted by Gasteiger charge is -2.16. The van der Waals surface area contributed by atoms with E-state index in [0.717, 1.165) is 17.1 Å². The summed E-state index contributed by atoms with van der Waals surface area (Å²) in [7, 11) is 1.50. The smallest absolute Gasteiger partial charge is 0.204 e. The number of furan rings is 1. The number of nitriles is 1. The number of carbonyl (C=O) groups is 1. The van der Waals surface area contributed by atoms with E-state index in [9.17, 15) is 4.79 Å². The number of aromatic nitrogens is 1. The molecule has 1 aromatic carbocycles. The maximum Gasteiger partial charge on any atom is 0.204 e. The monoisotopic (exact) mass is 378 g/mol. The Morgan fingerprint density at radius 1 is 1.25 bits per heavy atom. The van der Waals surface area contributed by atoms with E-state index >= 15 is 0 Å². The quantitative estimate of drug-likeness (QED) is 0.574. The molecule has 0 unspecified atom stereocenters. The van der Waals surface area contributed by atoms with Gasteiger partial charge in [0.15, 0.2) is 17.6 Å². The number of ether oxygens (including phenoxy) is 2. The van der Waals surface area contributed by atoms with E-state index in [1.54, 1.807) is 31.4 Å². The molecule has 0 radical (unpaired) electrons. The summed E-state index contributed by atoms with van der Waals surface area (Å²) in [6.45, 7) is 6.15. The molecule has 6 heteroatoms. The molecule has 0 aliphatic heterocycles. The highest BCUT2D eigenvalue weighted by Crippen LogP contribution is 2.29. The Labute approximate surface area is 163 Å². The van der Waals surface area contributed by atoms with Gasteiger partial charge in [0.1, 0.15) is 5.76 Å². The molecule has 0 saturated heterocycles. The lowest BCUT2D eigenvalue weighted by molar-refractivity contribution is 0.0813. The zero-order valence-electron chi connectivity index (χ0n) is 16.4. The molecule has 6 nitrogen and oxygen atoms in total. The second kappa shape index (κ2) is 8.05. The van der Waals surface area contributed by atoms with Gasteiger partial charge >= 0.3 is 0 Å². The van der Waals surface area contributed by atoms with Crippen molar-refractivity contribution in [3.8, 4) is 17.6 Å². The van der Waals surface area contributed by atoms with Gasteiger partial charge in [-0.05, 0) is 51.1 Å². The first kappa shape index (κ1) is 19.3. The molecule has 0 saturated carbocycles. The normalized spacial score (nSPS) is 11.7. The number of ketones is 1. The summed E-state index contributed by atoms with van der Waals surface area (Å²) < 4.78 is 18.6. The van der Waals surface area contributed by atoms with Gasteiger partial charge in [-0.1, -0.05) is 0 Å². The molecule has 3 rings (SSSR count). The lowest BCUT2D eigenvalue weighted by Crippen LogP contribution is -2.24. The topological polar surface area (TPSA) is 77.4 Å². The van der Waals surface area contributed by atoms with E-state index in [2.05, 4.69) is 6.07 Å². The second-order valence-corrected chi connectivity index (χ2v) is 6.55. The minimum atomic E-state index is -0.709. The fourth-order valence-electron chi connectivity index (χ4n) is 3.15. The Bertz CT molecular complexity index is 1030. The van der Waals surface area contributed by atoms with Gasteiger partial charge in [0.2, 0.25) is 5.78 Å². The van der Waals surface area contributed by atoms with Gasteiger partial charge in [-0.15, -0.1) is 0 Å². The number of hydrogen-bond acceptors (Lipinski definition) is 5. The number of methoxy groups -OCH3 is 1. The van der Waals surface area contributed by atoms with Crippen LogP contribution in [0.25, 0.3) is 0 Å². The van der Waals surface area contributed by atoms with Crippen LogP contribution in [0, 0.1) is 25.2 Å². The van der Waals surface area contributed by atoms with Crippen molar-refractivity contribution in [1.82, 2.24) is 4.57 Å². The van der Waals surface area contributed by atoms with Gasteiger partial charge in [-0.3, -0.25) is 4.79 Å². The standard InChI is InChI=1S/C22H22N2O4/c1-14-10-19(15(2)24(14)13-18-6-5-9-27-18)22(25)16(3)28-20-8-7-17(12-23)11-21(20)26-4/h5-11,16H,13H2,1-4H3/t16-/m1/s1. The number of carbonyl (C=O) groups excluding carboxylic acids is 1. The predicted octanol–water partition coefficient (Wildman–Crippen LogP) is 4.28. The number of benzene rings is 1. The average Bonchev–Trinajstić information content (AvgIpc) is 3.31. The van der Waals surface area contributed by atoms with Crippen LogP contribution in [0.4, 0.5) is 0 Å². The molecule has 0 bridgehead atoms. The van der Waals surface area contributed by atoms with E-state index in [0.29, 0.717) is 29.2 Å². The van der Waals surface area contributed by atoms with Gasteiger partial charge < -0.3 is 18.5 Å². The molecule has 0 aliphatic rings. The Hall–Kier alpha value is -3.46. The van der Waals surface area contributed by atoms with Crippen LogP contribution in [0.2, 0.25) is 0 Å². The first-order valence-corrected chi connectivity index (χ1v) is 8.92. The van der Waals surface area contributed by atoms with Crippen molar-refractivity contribution in [2.75, 3.05) is 7.11 Å². The van der Waals surface area contributed by atoms with E-state index in [-0.39, 0.29) is 5.78 Å². The predicted molar refractivity (Wildman–Crippen MR) is 104 cm³/mol. The molecule has 0 spiro atoms. The van der Waals surface area contributed by atoms with Crippen molar-refractivity contribution in [1.29, 1.82) is 5.26 Å². The number of hydrogen-bond donors (Lipinski definition) is 0. The van der Waals surface area contributed by atoms with Crippen molar-refractivity contribution in [3.63, 3.8) is 0 Å². The Morgan fingerprint density at radius 3 is 2.68 bits per heavy atom. The van der Waals surface area contributed by atoms with Gasteiger partial charge in [0, 0.05) is 23.0 Å². The summed E-state index contributed by atoms with van der Waals surface area (Å²) in [5.74, 6) is 1.55. The number of aryl methyl sites for hydroxylation is 1. The maximum absolute atomic E-state index is 13.0. The Kier molecular flexibility index (Phi) is 5.55. The highest BCUT2D eigenvalue weighted by atomic mass is 16.5. The van der Waals surface area contributed by atoms with Crippen LogP contribution in [-0.2, 0) is 6.54 Å². The molecular formula is C22H22N2O4. The van der Waals surface area contributed by atoms with Gasteiger partial charge in [-0.25, -0.2) is 0 Å². The van der Waals surface area contributed by atoms with E-state index in [1.807, 2.05) is 36.6 Å². The lowest BCUT2D eigenvalue weighted by atomic mass is 10.1. The van der Waals surface area contributed by atoms with Crippen LogP contribution in [0.5, 0.6) is 11.5 Å². The summed E-state index contributed by atoms with van der Waals surface area (Å²) in [6.07, 6.45) is 0.926. The van der Waals surface area contributed by atoms with Crippen molar-refractivity contribution in [2.24, 2.45) is 0 Å². The summed E-state index contributed by atoms with van der Waals surface area (Å²) in [4.78, 5) is 13.0. The van der Waals surface area contributed by atoms with Crippen molar-refractivity contribution in [3.05, 3.63) is 70.9 Å². The van der Waals surface area contributed by atoms with Gasteiger partial charge in [-0.2, -0.15) is 5.26 Å². The summed E-state index contributed by atoms with van der Waals surface area (Å²) in [6, 6.07) is 12.5. The van der Waals surface area contributed by atoms with Gasteiger partial charge in [0.25, 0.3) is 0 Å². The highest BCUT2D eigenvalue weighted by Gasteiger charge is 2.23. The van der Waals surface area contributed by atoms with Crippen LogP contribution < -0.4 is 9.47 Å². The largest absolute Gasteiger partial charge is 0.493 e. The second-order valence-electron chi connectivity index (χ2n) is 6.55. The molecule has 28 heavy (non-hydrogen) atoms. The summed E-state index contributed by atoms with van der Waals surface area (Å²) >= 11 is 0. The minimum absolute atomic E-state index is 0.120. The van der Waals surface area contributed by atoms with Gasteiger partial charge in [0.05, 0.1) is 31.6 Å². The molecule has 2 heterocycles. The van der Waals surface area contributed by atoms with Crippen LogP contribution in [0.15, 0.2) is 47.1 Å². The number of nitrogens with zero attached hydrogens (tertiary/aromatic N) is 2. The number of rotatable bonds is 7. The molecule has 0 aliphatic carbocycles. The summed E-state index contributed by atoms with van der Waals surface area (Å²) in [5.41, 5.74) is 2.91. The molecule has 2 aromatic heterocycles. The van der Waals surface area contributed by atoms with Crippen molar-refractivity contribution >= 4 is 5.78 Å². The average molecular weight is 378 g/mol. The molecule has 0 N–H and O–H groups in total. The first-order valence-electron chi connectivity index (χ1n) is 8.92. The third-order valence-electron chi connectivity index (χ3n) is 4.70. The Morgan fingerprint density at radius 2 is 2.04 bits per heavy atom. The third-order valence-corrected chi connectivity index (χ3v) is 4.70. The van der Waals surface area contributed by atoms with Crippen LogP contribution in [0.3, 0.4) is 0 Å². The third kappa shape index (κ3) is 3.79. The SMILES string of the molecule is COc1cc(C#N)ccc1O[C@H](C)C(=O)c1cc(C)n(Cc2ccco2)c1C. The molecule has 144 valence electrons. The fraction of sp³-hybridized carbons (Fsp3) is 0.273. The summed E-state index contributed by atoms with van der Waals surface area (Å²) in [5, 5.41) is 9.01. The van der Waals surface area contributed by atoms with E-state index < -0.39 is 6.10 Å². The van der Waals surface area contributed by atoms with E-state index in [1.165, 1.54) is 7.11 Å². The molecule has 1 atom stereocenters. The zero-order chi connectivity index (χ0) is 20.3. The molecule has 0 amide bonds. The van der Waals surface area contributed by atoms with Crippen LogP contribution in [0.1, 0.15) is 40.0 Å². The minimum Gasteiger partial charge on any atom is -0.493 e. The van der Waals surface area contributed by atoms with Crippen LogP contribution in [-0.4, -0.2) is 23.6 Å². The molecule has 3 aromatic rings. The number of Topliss-reactive ketones (excluding diaryl/α,β-unsaturated/α-hetero) is 1. The fourth-order valence-corrected chi connectivity index (χ4v) is 3.15. The van der Waals surface area contributed by atoms with Crippen molar-refractivity contribution < 1.29 is 18.7 Å². The Balaban J connectivity index is 1.81.